The van der Waals surface area contributed by atoms with Crippen molar-refractivity contribution in [1.29, 1.82) is 0 Å². The molecule has 21 heavy (non-hydrogen) atoms. The number of methoxy groups -OCH3 is 1. The van der Waals surface area contributed by atoms with Gasteiger partial charge >= 0.3 is 5.97 Å². The Kier molecular flexibility index (Phi) is 4.01. The second-order valence-corrected chi connectivity index (χ2v) is 5.03. The third kappa shape index (κ3) is 2.70. The second-order valence-electron chi connectivity index (χ2n) is 4.65. The SMILES string of the molecule is COC(=O)c1ccnc2c(C3CNCCO3)cc(Cl)nc12. The van der Waals surface area contributed by atoms with Gasteiger partial charge in [-0.3, -0.25) is 4.98 Å². The summed E-state index contributed by atoms with van der Waals surface area (Å²) in [7, 11) is 1.33. The van der Waals surface area contributed by atoms with E-state index in [9.17, 15) is 4.79 Å². The van der Waals surface area contributed by atoms with Crippen LogP contribution in [0, 0.1) is 0 Å². The van der Waals surface area contributed by atoms with Gasteiger partial charge in [-0.05, 0) is 12.1 Å². The van der Waals surface area contributed by atoms with Crippen LogP contribution >= 0.6 is 11.6 Å². The van der Waals surface area contributed by atoms with Crippen molar-refractivity contribution in [2.24, 2.45) is 0 Å². The maximum absolute atomic E-state index is 11.8. The summed E-state index contributed by atoms with van der Waals surface area (Å²) in [4.78, 5) is 20.4. The van der Waals surface area contributed by atoms with Crippen LogP contribution in [0.5, 0.6) is 0 Å². The molecule has 2 aromatic rings. The molecule has 0 amide bonds. The molecule has 7 heteroatoms. The van der Waals surface area contributed by atoms with Crippen LogP contribution in [0.4, 0.5) is 0 Å². The number of morpholine rings is 1. The van der Waals surface area contributed by atoms with Gasteiger partial charge in [-0.2, -0.15) is 0 Å². The van der Waals surface area contributed by atoms with E-state index < -0.39 is 5.97 Å². The Hall–Kier alpha value is -1.76. The fourth-order valence-corrected chi connectivity index (χ4v) is 2.60. The zero-order chi connectivity index (χ0) is 14.8. The van der Waals surface area contributed by atoms with Gasteiger partial charge in [-0.25, -0.2) is 9.78 Å². The van der Waals surface area contributed by atoms with E-state index in [2.05, 4.69) is 15.3 Å². The number of ether oxygens (including phenoxy) is 2. The minimum atomic E-state index is -0.467. The van der Waals surface area contributed by atoms with Crippen molar-refractivity contribution < 1.29 is 14.3 Å². The zero-order valence-corrected chi connectivity index (χ0v) is 12.2. The van der Waals surface area contributed by atoms with Crippen molar-refractivity contribution in [3.63, 3.8) is 0 Å². The number of fused-ring (bicyclic) bond motifs is 1. The Balaban J connectivity index is 2.18. The first-order chi connectivity index (χ1) is 10.2. The first kappa shape index (κ1) is 14.2. The molecule has 1 unspecified atom stereocenters. The fraction of sp³-hybridized carbons (Fsp3) is 0.357. The summed E-state index contributed by atoms with van der Waals surface area (Å²) in [6, 6.07) is 3.30. The molecule has 1 aliphatic rings. The van der Waals surface area contributed by atoms with E-state index in [-0.39, 0.29) is 6.10 Å². The topological polar surface area (TPSA) is 73.3 Å². The molecule has 0 aliphatic carbocycles. The molecule has 0 aromatic carbocycles. The molecule has 2 aromatic heterocycles. The average Bonchev–Trinajstić information content (AvgIpc) is 2.53. The van der Waals surface area contributed by atoms with Gasteiger partial charge in [0.1, 0.15) is 10.7 Å². The predicted octanol–water partition coefficient (Wildman–Crippen LogP) is 1.73. The van der Waals surface area contributed by atoms with Gasteiger partial charge in [0.25, 0.3) is 0 Å². The van der Waals surface area contributed by atoms with Crippen LogP contribution in [-0.2, 0) is 9.47 Å². The molecule has 3 rings (SSSR count). The Morgan fingerprint density at radius 3 is 3.10 bits per heavy atom. The molecule has 1 saturated heterocycles. The molecule has 1 N–H and O–H groups in total. The minimum absolute atomic E-state index is 0.165. The van der Waals surface area contributed by atoms with Gasteiger partial charge in [0.05, 0.1) is 30.9 Å². The van der Waals surface area contributed by atoms with Gasteiger partial charge in [0.15, 0.2) is 0 Å². The molecule has 1 fully saturated rings. The fourth-order valence-electron chi connectivity index (χ4n) is 2.40. The van der Waals surface area contributed by atoms with Crippen LogP contribution in [0.2, 0.25) is 5.15 Å². The number of hydrogen-bond donors (Lipinski definition) is 1. The summed E-state index contributed by atoms with van der Waals surface area (Å²) in [6.07, 6.45) is 1.39. The number of rotatable bonds is 2. The molecular formula is C14H14ClN3O3. The van der Waals surface area contributed by atoms with Crippen molar-refractivity contribution in [2.75, 3.05) is 26.8 Å². The number of hydrogen-bond acceptors (Lipinski definition) is 6. The molecule has 0 spiro atoms. The molecule has 1 aliphatic heterocycles. The lowest BCUT2D eigenvalue weighted by atomic mass is 10.1. The number of pyridine rings is 2. The molecule has 0 bridgehead atoms. The van der Waals surface area contributed by atoms with E-state index >= 15 is 0 Å². The number of esters is 1. The monoisotopic (exact) mass is 307 g/mol. The standard InChI is InChI=1S/C14H14ClN3O3/c1-20-14(19)8-2-3-17-12-9(6-11(15)18-13(8)12)10-7-16-4-5-21-10/h2-3,6,10,16H,4-5,7H2,1H3. The van der Waals surface area contributed by atoms with Crippen LogP contribution in [0.3, 0.4) is 0 Å². The highest BCUT2D eigenvalue weighted by Gasteiger charge is 2.22. The van der Waals surface area contributed by atoms with Crippen LogP contribution < -0.4 is 5.32 Å². The number of carbonyl (C=O) groups excluding carboxylic acids is 1. The lowest BCUT2D eigenvalue weighted by Gasteiger charge is -2.24. The first-order valence-electron chi connectivity index (χ1n) is 6.56. The summed E-state index contributed by atoms with van der Waals surface area (Å²) in [5, 5.41) is 3.55. The van der Waals surface area contributed by atoms with E-state index in [0.29, 0.717) is 34.9 Å². The molecule has 6 nitrogen and oxygen atoms in total. The van der Waals surface area contributed by atoms with Crippen molar-refractivity contribution in [3.05, 3.63) is 34.6 Å². The Labute approximate surface area is 126 Å². The zero-order valence-electron chi connectivity index (χ0n) is 11.4. The Bertz CT molecular complexity index is 686. The lowest BCUT2D eigenvalue weighted by Crippen LogP contribution is -2.33. The molecule has 1 atom stereocenters. The molecule has 0 saturated carbocycles. The number of carbonyl (C=O) groups is 1. The van der Waals surface area contributed by atoms with E-state index in [4.69, 9.17) is 21.1 Å². The smallest absolute Gasteiger partial charge is 0.340 e. The van der Waals surface area contributed by atoms with Crippen LogP contribution in [0.15, 0.2) is 18.3 Å². The summed E-state index contributed by atoms with van der Waals surface area (Å²) in [6.45, 7) is 2.09. The summed E-state index contributed by atoms with van der Waals surface area (Å²) >= 11 is 6.10. The second kappa shape index (κ2) is 5.93. The normalized spacial score (nSPS) is 18.7. The van der Waals surface area contributed by atoms with E-state index in [1.807, 2.05) is 0 Å². The number of aromatic nitrogens is 2. The first-order valence-corrected chi connectivity index (χ1v) is 6.94. The number of halogens is 1. The Morgan fingerprint density at radius 1 is 1.52 bits per heavy atom. The predicted molar refractivity (Wildman–Crippen MR) is 77.5 cm³/mol. The van der Waals surface area contributed by atoms with Gasteiger partial charge in [0.2, 0.25) is 0 Å². The third-order valence-electron chi connectivity index (χ3n) is 3.37. The van der Waals surface area contributed by atoms with Gasteiger partial charge in [-0.15, -0.1) is 0 Å². The number of nitrogens with zero attached hydrogens (tertiary/aromatic N) is 2. The van der Waals surface area contributed by atoms with Crippen molar-refractivity contribution >= 4 is 28.6 Å². The highest BCUT2D eigenvalue weighted by Crippen LogP contribution is 2.29. The average molecular weight is 308 g/mol. The van der Waals surface area contributed by atoms with Crippen molar-refractivity contribution in [3.8, 4) is 0 Å². The van der Waals surface area contributed by atoms with Crippen molar-refractivity contribution in [1.82, 2.24) is 15.3 Å². The molecule has 3 heterocycles. The molecule has 110 valence electrons. The van der Waals surface area contributed by atoms with E-state index in [1.54, 1.807) is 18.3 Å². The van der Waals surface area contributed by atoms with Gasteiger partial charge in [0, 0.05) is 24.8 Å². The maximum atomic E-state index is 11.8. The molecule has 0 radical (unpaired) electrons. The van der Waals surface area contributed by atoms with Crippen LogP contribution in [-0.4, -0.2) is 42.7 Å². The highest BCUT2D eigenvalue weighted by molar-refractivity contribution is 6.30. The quantitative estimate of drug-likeness (QED) is 0.673. The van der Waals surface area contributed by atoms with E-state index in [1.165, 1.54) is 7.11 Å². The van der Waals surface area contributed by atoms with Gasteiger partial charge in [-0.1, -0.05) is 11.6 Å². The summed E-state index contributed by atoms with van der Waals surface area (Å²) in [5.74, 6) is -0.467. The lowest BCUT2D eigenvalue weighted by molar-refractivity contribution is 0.0284. The van der Waals surface area contributed by atoms with Gasteiger partial charge < -0.3 is 14.8 Å². The largest absolute Gasteiger partial charge is 0.465 e. The highest BCUT2D eigenvalue weighted by atomic mass is 35.5. The summed E-state index contributed by atoms with van der Waals surface area (Å²) in [5.41, 5.74) is 2.20. The van der Waals surface area contributed by atoms with E-state index in [0.717, 1.165) is 12.1 Å². The Morgan fingerprint density at radius 2 is 2.38 bits per heavy atom. The summed E-state index contributed by atoms with van der Waals surface area (Å²) < 4.78 is 10.5. The van der Waals surface area contributed by atoms with Crippen LogP contribution in [0.1, 0.15) is 22.0 Å². The number of nitrogens with one attached hydrogen (secondary N) is 1. The van der Waals surface area contributed by atoms with Crippen molar-refractivity contribution in [2.45, 2.75) is 6.10 Å². The molecular weight excluding hydrogens is 294 g/mol. The van der Waals surface area contributed by atoms with Crippen LogP contribution in [0.25, 0.3) is 11.0 Å². The third-order valence-corrected chi connectivity index (χ3v) is 3.56. The maximum Gasteiger partial charge on any atom is 0.340 e. The minimum Gasteiger partial charge on any atom is -0.465 e.